The van der Waals surface area contributed by atoms with Gasteiger partial charge in [-0.2, -0.15) is 10.2 Å². The van der Waals surface area contributed by atoms with Crippen molar-refractivity contribution in [2.75, 3.05) is 7.11 Å². The molecular formula is C37H42F4N4O. The van der Waals surface area contributed by atoms with E-state index in [4.69, 9.17) is 4.74 Å². The van der Waals surface area contributed by atoms with Crippen LogP contribution in [0.1, 0.15) is 51.7 Å². The van der Waals surface area contributed by atoms with E-state index in [-0.39, 0.29) is 11.1 Å². The summed E-state index contributed by atoms with van der Waals surface area (Å²) >= 11 is 0. The minimum atomic E-state index is -0.560. The highest BCUT2D eigenvalue weighted by molar-refractivity contribution is 5.94. The zero-order chi connectivity index (χ0) is 34.1. The summed E-state index contributed by atoms with van der Waals surface area (Å²) in [4.78, 5) is 0. The molecule has 0 saturated heterocycles. The van der Waals surface area contributed by atoms with Crippen molar-refractivity contribution >= 4 is 21.8 Å². The third-order valence-corrected chi connectivity index (χ3v) is 6.91. The summed E-state index contributed by atoms with van der Waals surface area (Å²) in [5, 5.41) is 10.2. The van der Waals surface area contributed by atoms with Crippen LogP contribution in [0, 0.1) is 37.1 Å². The van der Waals surface area contributed by atoms with Crippen LogP contribution in [0.5, 0.6) is 5.75 Å². The number of fused-ring (bicyclic) bond motifs is 2. The van der Waals surface area contributed by atoms with E-state index in [0.29, 0.717) is 22.4 Å². The second-order valence-corrected chi connectivity index (χ2v) is 11.0. The minimum Gasteiger partial charge on any atom is -0.494 e. The van der Waals surface area contributed by atoms with Crippen LogP contribution < -0.4 is 4.74 Å². The van der Waals surface area contributed by atoms with Gasteiger partial charge in [0.2, 0.25) is 0 Å². The highest BCUT2D eigenvalue weighted by Gasteiger charge is 2.14. The Kier molecular flexibility index (Phi) is 12.5. The number of benzene rings is 4. The number of nitrogens with zero attached hydrogens (tertiary/aromatic N) is 4. The first-order valence-corrected chi connectivity index (χ1v) is 15.2. The van der Waals surface area contributed by atoms with E-state index in [1.54, 1.807) is 28.7 Å². The van der Waals surface area contributed by atoms with E-state index in [9.17, 15) is 17.6 Å². The van der Waals surface area contributed by atoms with Gasteiger partial charge in [-0.3, -0.25) is 9.36 Å². The first-order valence-electron chi connectivity index (χ1n) is 15.2. The Morgan fingerprint density at radius 2 is 1.22 bits per heavy atom. The minimum absolute atomic E-state index is 0.0215. The van der Waals surface area contributed by atoms with Gasteiger partial charge in [0, 0.05) is 42.2 Å². The molecule has 0 fully saturated rings. The molecule has 0 atom stereocenters. The number of hydrogen-bond acceptors (Lipinski definition) is 3. The molecule has 9 heteroatoms. The summed E-state index contributed by atoms with van der Waals surface area (Å²) in [7, 11) is 5.19. The molecule has 46 heavy (non-hydrogen) atoms. The summed E-state index contributed by atoms with van der Waals surface area (Å²) in [6.45, 7) is 11.3. The van der Waals surface area contributed by atoms with Crippen molar-refractivity contribution in [3.05, 3.63) is 101 Å². The van der Waals surface area contributed by atoms with E-state index >= 15 is 0 Å². The zero-order valence-corrected chi connectivity index (χ0v) is 28.0. The standard InChI is InChI=1S/C16H14F2N2O.C15H12F2N2.2C3H8/c1-9-13(17)5-11(6-14(9)18)10-4-12-8-20(2)19-16(12)15(7-10)21-3;1-9-13(16)6-10(7-14(9)17)11-4-3-5-15-12(11)8-18-19(15)2;2*1-3-2/h4-8H,1-3H3;3-8H,1-2H3;2*3H2,1-2H3. The Bertz CT molecular complexity index is 1880. The Hall–Kier alpha value is -4.66. The third kappa shape index (κ3) is 8.13. The summed E-state index contributed by atoms with van der Waals surface area (Å²) in [5.74, 6) is -1.61. The zero-order valence-electron chi connectivity index (χ0n) is 28.0. The largest absolute Gasteiger partial charge is 0.494 e. The molecule has 0 spiro atoms. The Balaban J connectivity index is 0.000000215. The van der Waals surface area contributed by atoms with Gasteiger partial charge in [0.1, 0.15) is 34.5 Å². The van der Waals surface area contributed by atoms with E-state index < -0.39 is 23.3 Å². The van der Waals surface area contributed by atoms with E-state index in [1.807, 2.05) is 44.6 Å². The molecule has 0 radical (unpaired) electrons. The van der Waals surface area contributed by atoms with Gasteiger partial charge in [0.05, 0.1) is 18.8 Å². The molecule has 6 rings (SSSR count). The number of aryl methyl sites for hydroxylation is 2. The molecule has 2 aromatic heterocycles. The fourth-order valence-electron chi connectivity index (χ4n) is 4.59. The van der Waals surface area contributed by atoms with Gasteiger partial charge in [0.15, 0.2) is 0 Å². The number of methoxy groups -OCH3 is 1. The van der Waals surface area contributed by atoms with Crippen LogP contribution in [0.15, 0.2) is 67.0 Å². The highest BCUT2D eigenvalue weighted by Crippen LogP contribution is 2.33. The van der Waals surface area contributed by atoms with Crippen molar-refractivity contribution < 1.29 is 22.3 Å². The van der Waals surface area contributed by atoms with Gasteiger partial charge >= 0.3 is 0 Å². The highest BCUT2D eigenvalue weighted by atomic mass is 19.1. The van der Waals surface area contributed by atoms with Crippen LogP contribution in [-0.4, -0.2) is 26.7 Å². The SMILES string of the molecule is CCC.CCC.COc1cc(-c2cc(F)c(C)c(F)c2)cc2cn(C)nc12.Cc1c(F)cc(-c2cccc3c2cnn3C)cc1F. The topological polar surface area (TPSA) is 44.9 Å². The molecule has 6 aromatic rings. The Morgan fingerprint density at radius 1 is 0.717 bits per heavy atom. The first-order chi connectivity index (χ1) is 21.9. The number of ether oxygens (including phenoxy) is 1. The summed E-state index contributed by atoms with van der Waals surface area (Å²) in [6.07, 6.45) is 6.04. The molecule has 4 aromatic carbocycles. The molecule has 0 bridgehead atoms. The molecular weight excluding hydrogens is 592 g/mol. The average molecular weight is 635 g/mol. The van der Waals surface area contributed by atoms with Crippen LogP contribution >= 0.6 is 0 Å². The second kappa shape index (κ2) is 16.1. The fourth-order valence-corrected chi connectivity index (χ4v) is 4.59. The summed E-state index contributed by atoms with van der Waals surface area (Å²) in [6, 6.07) is 14.6. The second-order valence-electron chi connectivity index (χ2n) is 11.0. The normalized spacial score (nSPS) is 10.5. The van der Waals surface area contributed by atoms with Gasteiger partial charge in [-0.25, -0.2) is 17.6 Å². The lowest BCUT2D eigenvalue weighted by Gasteiger charge is -2.08. The van der Waals surface area contributed by atoms with Gasteiger partial charge in [0.25, 0.3) is 0 Å². The molecule has 0 aliphatic rings. The Morgan fingerprint density at radius 3 is 1.74 bits per heavy atom. The number of rotatable bonds is 3. The molecule has 0 saturated carbocycles. The Labute approximate surface area is 268 Å². The third-order valence-electron chi connectivity index (χ3n) is 6.91. The van der Waals surface area contributed by atoms with Crippen LogP contribution in [-0.2, 0) is 14.1 Å². The molecule has 0 aliphatic heterocycles. The maximum absolute atomic E-state index is 13.7. The van der Waals surface area contributed by atoms with Crippen LogP contribution in [0.3, 0.4) is 0 Å². The van der Waals surface area contributed by atoms with Crippen molar-refractivity contribution in [3.63, 3.8) is 0 Å². The van der Waals surface area contributed by atoms with E-state index in [0.717, 1.165) is 27.4 Å². The number of hydrogen-bond donors (Lipinski definition) is 0. The van der Waals surface area contributed by atoms with E-state index in [1.165, 1.54) is 51.0 Å². The predicted octanol–water partition coefficient (Wildman–Crippen LogP) is 10.5. The van der Waals surface area contributed by atoms with Crippen molar-refractivity contribution in [2.24, 2.45) is 14.1 Å². The molecule has 0 N–H and O–H groups in total. The fraction of sp³-hybridized carbons (Fsp3) is 0.297. The number of halogens is 4. The quantitative estimate of drug-likeness (QED) is 0.182. The molecule has 244 valence electrons. The number of aromatic nitrogens is 4. The van der Waals surface area contributed by atoms with Crippen molar-refractivity contribution in [2.45, 2.75) is 54.4 Å². The first kappa shape index (κ1) is 35.8. The van der Waals surface area contributed by atoms with Crippen molar-refractivity contribution in [1.82, 2.24) is 19.6 Å². The van der Waals surface area contributed by atoms with Gasteiger partial charge < -0.3 is 4.74 Å². The lowest BCUT2D eigenvalue weighted by atomic mass is 10.0. The predicted molar refractivity (Wildman–Crippen MR) is 180 cm³/mol. The molecule has 0 unspecified atom stereocenters. The molecule has 0 aliphatic carbocycles. The van der Waals surface area contributed by atoms with Crippen molar-refractivity contribution in [3.8, 4) is 28.0 Å². The average Bonchev–Trinajstić information content (AvgIpc) is 3.60. The lowest BCUT2D eigenvalue weighted by molar-refractivity contribution is 0.418. The monoisotopic (exact) mass is 634 g/mol. The van der Waals surface area contributed by atoms with Crippen LogP contribution in [0.25, 0.3) is 44.1 Å². The van der Waals surface area contributed by atoms with Crippen molar-refractivity contribution in [1.29, 1.82) is 0 Å². The van der Waals surface area contributed by atoms with Gasteiger partial charge in [-0.15, -0.1) is 0 Å². The van der Waals surface area contributed by atoms with Gasteiger partial charge in [-0.05, 0) is 78.6 Å². The molecule has 2 heterocycles. The summed E-state index contributed by atoms with van der Waals surface area (Å²) < 4.78 is 63.6. The van der Waals surface area contributed by atoms with Crippen LogP contribution in [0.4, 0.5) is 17.6 Å². The smallest absolute Gasteiger partial charge is 0.147 e. The van der Waals surface area contributed by atoms with Gasteiger partial charge in [-0.1, -0.05) is 52.7 Å². The summed E-state index contributed by atoms with van der Waals surface area (Å²) in [5.41, 5.74) is 4.18. The maximum Gasteiger partial charge on any atom is 0.147 e. The van der Waals surface area contributed by atoms with Crippen LogP contribution in [0.2, 0.25) is 0 Å². The molecule has 5 nitrogen and oxygen atoms in total. The van der Waals surface area contributed by atoms with E-state index in [2.05, 4.69) is 37.9 Å². The lowest BCUT2D eigenvalue weighted by Crippen LogP contribution is -1.92. The maximum atomic E-state index is 13.7. The molecule has 0 amide bonds.